The summed E-state index contributed by atoms with van der Waals surface area (Å²) in [5.41, 5.74) is -0.550. The van der Waals surface area contributed by atoms with Crippen LogP contribution in [0, 0.1) is 11.8 Å². The molecule has 35 heavy (non-hydrogen) atoms. The molecule has 1 aromatic rings. The normalized spacial score (nSPS) is 31.5. The van der Waals surface area contributed by atoms with Crippen molar-refractivity contribution >= 4 is 33.7 Å². The number of hydrogen-bond donors (Lipinski definition) is 3. The van der Waals surface area contributed by atoms with Crippen LogP contribution in [0.2, 0.25) is 0 Å². The van der Waals surface area contributed by atoms with Crippen molar-refractivity contribution in [3.63, 3.8) is 0 Å². The van der Waals surface area contributed by atoms with Crippen molar-refractivity contribution in [1.82, 2.24) is 15.5 Å². The second kappa shape index (κ2) is 10.2. The van der Waals surface area contributed by atoms with Crippen LogP contribution in [0.3, 0.4) is 0 Å². The Labute approximate surface area is 215 Å². The van der Waals surface area contributed by atoms with Crippen LogP contribution < -0.4 is 10.6 Å². The van der Waals surface area contributed by atoms with Gasteiger partial charge in [0.15, 0.2) is 0 Å². The van der Waals surface area contributed by atoms with Gasteiger partial charge in [0, 0.05) is 30.1 Å². The van der Waals surface area contributed by atoms with Gasteiger partial charge in [-0.3, -0.25) is 14.4 Å². The smallest absolute Gasteiger partial charge is 0.246 e. The summed E-state index contributed by atoms with van der Waals surface area (Å²) < 4.78 is 6.49. The lowest BCUT2D eigenvalue weighted by Gasteiger charge is -2.36. The molecule has 3 aliphatic heterocycles. The lowest BCUT2D eigenvalue weighted by molar-refractivity contribution is -0.142. The van der Waals surface area contributed by atoms with Crippen molar-refractivity contribution in [2.24, 2.45) is 11.8 Å². The quantitative estimate of drug-likeness (QED) is 0.323. The molecule has 8 nitrogen and oxygen atoms in total. The van der Waals surface area contributed by atoms with Crippen LogP contribution in [0.15, 0.2) is 30.3 Å². The molecule has 1 aromatic carbocycles. The van der Waals surface area contributed by atoms with E-state index in [2.05, 4.69) is 26.6 Å². The Morgan fingerprint density at radius 2 is 1.89 bits per heavy atom. The molecule has 3 aliphatic rings. The number of fused-ring (bicyclic) bond motifs is 1. The summed E-state index contributed by atoms with van der Waals surface area (Å²) in [6, 6.07) is 8.83. The Bertz CT molecular complexity index is 952. The van der Waals surface area contributed by atoms with Gasteiger partial charge in [-0.25, -0.2) is 0 Å². The summed E-state index contributed by atoms with van der Waals surface area (Å²) >= 11 is 3.69. The molecule has 0 radical (unpaired) electrons. The highest BCUT2D eigenvalue weighted by Gasteiger charge is 2.76. The van der Waals surface area contributed by atoms with Crippen molar-refractivity contribution in [1.29, 1.82) is 0 Å². The lowest BCUT2D eigenvalue weighted by Crippen LogP contribution is -2.58. The average molecular weight is 550 g/mol. The van der Waals surface area contributed by atoms with Crippen LogP contribution in [-0.2, 0) is 25.7 Å². The van der Waals surface area contributed by atoms with Crippen molar-refractivity contribution in [2.75, 3.05) is 13.2 Å². The number of aliphatic hydroxyl groups excluding tert-OH is 1. The molecular weight excluding hydrogens is 514 g/mol. The van der Waals surface area contributed by atoms with Crippen molar-refractivity contribution < 1.29 is 24.2 Å². The Balaban J connectivity index is 1.61. The summed E-state index contributed by atoms with van der Waals surface area (Å²) in [5.74, 6) is -2.03. The molecule has 192 valence electrons. The van der Waals surface area contributed by atoms with Crippen LogP contribution in [-0.4, -0.2) is 69.0 Å². The molecule has 3 unspecified atom stereocenters. The summed E-state index contributed by atoms with van der Waals surface area (Å²) in [4.78, 5) is 42.4. The van der Waals surface area contributed by atoms with Gasteiger partial charge in [0.25, 0.3) is 0 Å². The Kier molecular flexibility index (Phi) is 7.60. The topological polar surface area (TPSA) is 108 Å². The zero-order valence-electron chi connectivity index (χ0n) is 20.6. The molecule has 9 heteroatoms. The number of benzene rings is 1. The van der Waals surface area contributed by atoms with E-state index in [0.29, 0.717) is 32.4 Å². The molecular formula is C26H36BrN3O5. The van der Waals surface area contributed by atoms with Crippen molar-refractivity contribution in [2.45, 2.75) is 81.1 Å². The molecule has 1 spiro atoms. The van der Waals surface area contributed by atoms with E-state index in [4.69, 9.17) is 9.84 Å². The van der Waals surface area contributed by atoms with Gasteiger partial charge in [0.2, 0.25) is 17.7 Å². The van der Waals surface area contributed by atoms with Gasteiger partial charge in [-0.05, 0) is 52.0 Å². The number of halogens is 1. The molecule has 3 N–H and O–H groups in total. The summed E-state index contributed by atoms with van der Waals surface area (Å²) in [6.07, 6.45) is 2.08. The zero-order valence-corrected chi connectivity index (χ0v) is 22.2. The standard InChI is InChI=1S/C26H36BrN3O5/c1-25(2,3)29-23(33)21-26-14-17(27)20(35-26)18(22(32)28-15-16-10-6-4-7-11-16)19(26)24(34)30(21)12-8-5-9-13-31/h4,6-7,10-11,17-21,31H,5,8-9,12-15H2,1-3H3,(H,28,32)(H,29,33)/t17?,18-,19+,20-,21?,26?/m1/s1. The predicted octanol–water partition coefficient (Wildman–Crippen LogP) is 2.13. The summed E-state index contributed by atoms with van der Waals surface area (Å²) in [6.45, 7) is 6.56. The minimum absolute atomic E-state index is 0.0914. The number of nitrogens with one attached hydrogen (secondary N) is 2. The zero-order chi connectivity index (χ0) is 25.4. The van der Waals surface area contributed by atoms with Gasteiger partial charge in [-0.15, -0.1) is 0 Å². The van der Waals surface area contributed by atoms with Gasteiger partial charge in [0.1, 0.15) is 11.6 Å². The molecule has 0 aliphatic carbocycles. The van der Waals surface area contributed by atoms with Crippen LogP contribution in [0.25, 0.3) is 0 Å². The average Bonchev–Trinajstić information content (AvgIpc) is 3.38. The number of carbonyl (C=O) groups excluding carboxylic acids is 3. The minimum Gasteiger partial charge on any atom is -0.396 e. The highest BCUT2D eigenvalue weighted by Crippen LogP contribution is 2.60. The number of nitrogens with zero attached hydrogens (tertiary/aromatic N) is 1. The highest BCUT2D eigenvalue weighted by molar-refractivity contribution is 9.09. The van der Waals surface area contributed by atoms with Crippen LogP contribution in [0.1, 0.15) is 52.0 Å². The first-order valence-corrected chi connectivity index (χ1v) is 13.4. The molecule has 0 aromatic heterocycles. The maximum atomic E-state index is 13.8. The number of aliphatic hydroxyl groups is 1. The van der Waals surface area contributed by atoms with E-state index in [1.54, 1.807) is 4.90 Å². The van der Waals surface area contributed by atoms with Crippen LogP contribution >= 0.6 is 15.9 Å². The number of rotatable bonds is 9. The first-order chi connectivity index (χ1) is 16.6. The molecule has 2 bridgehead atoms. The molecule has 3 heterocycles. The Hall–Kier alpha value is -1.97. The van der Waals surface area contributed by atoms with Crippen LogP contribution in [0.5, 0.6) is 0 Å². The fourth-order valence-corrected chi connectivity index (χ4v) is 6.82. The van der Waals surface area contributed by atoms with Gasteiger partial charge >= 0.3 is 0 Å². The third-order valence-corrected chi connectivity index (χ3v) is 8.05. The predicted molar refractivity (Wildman–Crippen MR) is 135 cm³/mol. The molecule has 3 amide bonds. The van der Waals surface area contributed by atoms with E-state index in [-0.39, 0.29) is 29.2 Å². The monoisotopic (exact) mass is 549 g/mol. The molecule has 3 saturated heterocycles. The molecule has 3 fully saturated rings. The fourth-order valence-electron chi connectivity index (χ4n) is 5.88. The van der Waals surface area contributed by atoms with E-state index in [1.165, 1.54) is 0 Å². The summed E-state index contributed by atoms with van der Waals surface area (Å²) in [7, 11) is 0. The third-order valence-electron chi connectivity index (χ3n) is 7.21. The third kappa shape index (κ3) is 5.00. The number of ether oxygens (including phenoxy) is 1. The number of alkyl halides is 1. The maximum Gasteiger partial charge on any atom is 0.246 e. The minimum atomic E-state index is -1.04. The van der Waals surface area contributed by atoms with E-state index < -0.39 is 35.1 Å². The van der Waals surface area contributed by atoms with E-state index in [9.17, 15) is 14.4 Å². The van der Waals surface area contributed by atoms with Gasteiger partial charge in [-0.1, -0.05) is 46.3 Å². The van der Waals surface area contributed by atoms with Crippen LogP contribution in [0.4, 0.5) is 0 Å². The van der Waals surface area contributed by atoms with Gasteiger partial charge in [-0.2, -0.15) is 0 Å². The second-order valence-electron chi connectivity index (χ2n) is 10.9. The number of amides is 3. The summed E-state index contributed by atoms with van der Waals surface area (Å²) in [5, 5.41) is 15.2. The van der Waals surface area contributed by atoms with E-state index >= 15 is 0 Å². The number of likely N-dealkylation sites (tertiary alicyclic amines) is 1. The second-order valence-corrected chi connectivity index (χ2v) is 12.1. The maximum absolute atomic E-state index is 13.8. The van der Waals surface area contributed by atoms with Crippen molar-refractivity contribution in [3.05, 3.63) is 35.9 Å². The van der Waals surface area contributed by atoms with E-state index in [0.717, 1.165) is 12.0 Å². The first kappa shape index (κ1) is 26.1. The number of unbranched alkanes of at least 4 members (excludes halogenated alkanes) is 2. The first-order valence-electron chi connectivity index (χ1n) is 12.5. The highest BCUT2D eigenvalue weighted by atomic mass is 79.9. The number of hydrogen-bond acceptors (Lipinski definition) is 5. The molecule has 0 saturated carbocycles. The Morgan fingerprint density at radius 3 is 2.54 bits per heavy atom. The Morgan fingerprint density at radius 1 is 1.17 bits per heavy atom. The molecule has 6 atom stereocenters. The van der Waals surface area contributed by atoms with Gasteiger partial charge < -0.3 is 25.4 Å². The fraction of sp³-hybridized carbons (Fsp3) is 0.654. The van der Waals surface area contributed by atoms with Crippen molar-refractivity contribution in [3.8, 4) is 0 Å². The SMILES string of the molecule is CC(C)(C)NC(=O)C1N(CCCCCO)C(=O)[C@@H]2[C@@H](C(=O)NCc3ccccc3)[C@@H]3OC12CC3Br. The molecule has 4 rings (SSSR count). The lowest BCUT2D eigenvalue weighted by atomic mass is 9.70. The van der Waals surface area contributed by atoms with Gasteiger partial charge in [0.05, 0.1) is 17.9 Å². The largest absolute Gasteiger partial charge is 0.396 e. The van der Waals surface area contributed by atoms with E-state index in [1.807, 2.05) is 51.1 Å². The number of carbonyl (C=O) groups is 3.